The first-order chi connectivity index (χ1) is 8.26. The van der Waals surface area contributed by atoms with E-state index < -0.39 is 0 Å². The van der Waals surface area contributed by atoms with Gasteiger partial charge in [0, 0.05) is 24.1 Å². The number of aryl methyl sites for hydroxylation is 1. The molecule has 1 fully saturated rings. The number of anilines is 1. The quantitative estimate of drug-likeness (QED) is 0.783. The summed E-state index contributed by atoms with van der Waals surface area (Å²) in [6.07, 6.45) is 4.94. The molecular formula is C13H16BrN3. The third kappa shape index (κ3) is 2.98. The number of pyridine rings is 1. The molecule has 0 N–H and O–H groups in total. The van der Waals surface area contributed by atoms with Gasteiger partial charge in [0.2, 0.25) is 0 Å². The Balaban J connectivity index is 2.20. The van der Waals surface area contributed by atoms with Crippen molar-refractivity contribution < 1.29 is 0 Å². The molecule has 0 bridgehead atoms. The van der Waals surface area contributed by atoms with Crippen LogP contribution in [0.2, 0.25) is 0 Å². The van der Waals surface area contributed by atoms with Crippen molar-refractivity contribution >= 4 is 21.7 Å². The number of rotatable bonds is 5. The molecule has 1 aromatic rings. The third-order valence-corrected chi connectivity index (χ3v) is 3.63. The molecule has 0 saturated heterocycles. The minimum absolute atomic E-state index is 0.567. The summed E-state index contributed by atoms with van der Waals surface area (Å²) in [6, 6.07) is 4.98. The van der Waals surface area contributed by atoms with Crippen LogP contribution in [0.15, 0.2) is 12.3 Å². The topological polar surface area (TPSA) is 39.9 Å². The van der Waals surface area contributed by atoms with Gasteiger partial charge < -0.3 is 4.90 Å². The lowest BCUT2D eigenvalue weighted by Crippen LogP contribution is -2.28. The summed E-state index contributed by atoms with van der Waals surface area (Å²) in [5.41, 5.74) is 2.40. The molecule has 1 aliphatic carbocycles. The maximum Gasteiger partial charge on any atom is 0.131 e. The number of alkyl halides is 1. The first-order valence-electron chi connectivity index (χ1n) is 5.91. The fourth-order valence-electron chi connectivity index (χ4n) is 2.02. The molecule has 0 aliphatic heterocycles. The molecule has 1 aliphatic rings. The normalized spacial score (nSPS) is 14.4. The van der Waals surface area contributed by atoms with Gasteiger partial charge in [0.25, 0.3) is 0 Å². The predicted octanol–water partition coefficient (Wildman–Crippen LogP) is 3.17. The Kier molecular flexibility index (Phi) is 4.01. The van der Waals surface area contributed by atoms with Crippen molar-refractivity contribution in [3.63, 3.8) is 0 Å². The summed E-state index contributed by atoms with van der Waals surface area (Å²) in [5, 5.41) is 9.55. The maximum atomic E-state index is 8.71. The van der Waals surface area contributed by atoms with Crippen molar-refractivity contribution in [2.75, 3.05) is 11.4 Å². The minimum Gasteiger partial charge on any atom is -0.352 e. The lowest BCUT2D eigenvalue weighted by atomic mass is 10.2. The zero-order valence-electron chi connectivity index (χ0n) is 9.99. The average Bonchev–Trinajstić information content (AvgIpc) is 3.15. The Bertz CT molecular complexity index is 435. The van der Waals surface area contributed by atoms with E-state index in [4.69, 9.17) is 5.26 Å². The van der Waals surface area contributed by atoms with E-state index in [9.17, 15) is 0 Å². The van der Waals surface area contributed by atoms with Crippen LogP contribution in [0, 0.1) is 18.3 Å². The molecule has 1 heterocycles. The number of hydrogen-bond donors (Lipinski definition) is 0. The molecule has 0 radical (unpaired) electrons. The van der Waals surface area contributed by atoms with Crippen LogP contribution >= 0.6 is 15.9 Å². The number of nitrogens with zero attached hydrogens (tertiary/aromatic N) is 3. The highest BCUT2D eigenvalue weighted by Crippen LogP contribution is 2.32. The largest absolute Gasteiger partial charge is 0.352 e. The van der Waals surface area contributed by atoms with Crippen LogP contribution in [-0.2, 0) is 5.33 Å². The van der Waals surface area contributed by atoms with Gasteiger partial charge in [-0.1, -0.05) is 22.0 Å². The monoisotopic (exact) mass is 293 g/mol. The predicted molar refractivity (Wildman–Crippen MR) is 72.2 cm³/mol. The number of halogens is 1. The summed E-state index contributed by atoms with van der Waals surface area (Å²) < 4.78 is 0. The molecule has 2 rings (SSSR count). The van der Waals surface area contributed by atoms with Crippen LogP contribution in [0.3, 0.4) is 0 Å². The van der Waals surface area contributed by atoms with Crippen molar-refractivity contribution in [2.24, 2.45) is 0 Å². The summed E-state index contributed by atoms with van der Waals surface area (Å²) in [6.45, 7) is 2.89. The highest BCUT2D eigenvalue weighted by molar-refractivity contribution is 9.08. The van der Waals surface area contributed by atoms with E-state index in [1.807, 2.05) is 6.20 Å². The van der Waals surface area contributed by atoms with Gasteiger partial charge in [-0.05, 0) is 30.9 Å². The Hall–Kier alpha value is -1.08. The Morgan fingerprint density at radius 2 is 2.35 bits per heavy atom. The molecule has 0 unspecified atom stereocenters. The minimum atomic E-state index is 0.567. The van der Waals surface area contributed by atoms with Crippen molar-refractivity contribution in [3.05, 3.63) is 23.4 Å². The van der Waals surface area contributed by atoms with E-state index in [0.717, 1.165) is 17.7 Å². The molecule has 4 heteroatoms. The molecule has 0 atom stereocenters. The van der Waals surface area contributed by atoms with Gasteiger partial charge in [0.1, 0.15) is 5.82 Å². The Morgan fingerprint density at radius 3 is 2.88 bits per heavy atom. The zero-order chi connectivity index (χ0) is 12.3. The highest BCUT2D eigenvalue weighted by atomic mass is 79.9. The molecule has 0 aromatic carbocycles. The van der Waals surface area contributed by atoms with Crippen LogP contribution in [0.5, 0.6) is 0 Å². The molecule has 0 amide bonds. The molecule has 90 valence electrons. The van der Waals surface area contributed by atoms with Crippen LogP contribution in [0.4, 0.5) is 5.82 Å². The van der Waals surface area contributed by atoms with Crippen molar-refractivity contribution in [3.8, 4) is 6.07 Å². The van der Waals surface area contributed by atoms with E-state index in [1.54, 1.807) is 0 Å². The second-order valence-electron chi connectivity index (χ2n) is 4.45. The molecule has 1 aromatic heterocycles. The molecular weight excluding hydrogens is 278 g/mol. The first kappa shape index (κ1) is 12.4. The third-order valence-electron chi connectivity index (χ3n) is 2.99. The average molecular weight is 294 g/mol. The second-order valence-corrected chi connectivity index (χ2v) is 5.01. The fourth-order valence-corrected chi connectivity index (χ4v) is 2.32. The summed E-state index contributed by atoms with van der Waals surface area (Å²) in [4.78, 5) is 6.84. The lowest BCUT2D eigenvalue weighted by Gasteiger charge is -2.24. The standard InChI is InChI=1S/C13H16BrN3/c1-10-7-11(8-14)9-16-13(10)17(6-2-5-15)12-3-4-12/h7,9,12H,2-4,6,8H2,1H3. The van der Waals surface area contributed by atoms with E-state index in [0.29, 0.717) is 12.5 Å². The smallest absolute Gasteiger partial charge is 0.131 e. The van der Waals surface area contributed by atoms with Crippen molar-refractivity contribution in [1.29, 1.82) is 5.26 Å². The Morgan fingerprint density at radius 1 is 1.59 bits per heavy atom. The Labute approximate surface area is 111 Å². The molecule has 1 saturated carbocycles. The van der Waals surface area contributed by atoms with Crippen LogP contribution < -0.4 is 4.90 Å². The number of hydrogen-bond acceptors (Lipinski definition) is 3. The molecule has 0 spiro atoms. The molecule has 3 nitrogen and oxygen atoms in total. The first-order valence-corrected chi connectivity index (χ1v) is 7.03. The van der Waals surface area contributed by atoms with Crippen LogP contribution in [0.1, 0.15) is 30.4 Å². The molecule has 17 heavy (non-hydrogen) atoms. The van der Waals surface area contributed by atoms with Crippen molar-refractivity contribution in [2.45, 2.75) is 37.6 Å². The van der Waals surface area contributed by atoms with E-state index >= 15 is 0 Å². The van der Waals surface area contributed by atoms with Gasteiger partial charge in [0.15, 0.2) is 0 Å². The zero-order valence-corrected chi connectivity index (χ0v) is 11.6. The van der Waals surface area contributed by atoms with Crippen LogP contribution in [0.25, 0.3) is 0 Å². The number of aromatic nitrogens is 1. The summed E-state index contributed by atoms with van der Waals surface area (Å²) in [7, 11) is 0. The van der Waals surface area contributed by atoms with Gasteiger partial charge in [-0.2, -0.15) is 5.26 Å². The van der Waals surface area contributed by atoms with Gasteiger partial charge in [0.05, 0.1) is 12.5 Å². The fraction of sp³-hybridized carbons (Fsp3) is 0.538. The van der Waals surface area contributed by atoms with Gasteiger partial charge in [-0.15, -0.1) is 0 Å². The SMILES string of the molecule is Cc1cc(CBr)cnc1N(CCC#N)C1CC1. The van der Waals surface area contributed by atoms with Crippen LogP contribution in [-0.4, -0.2) is 17.6 Å². The summed E-state index contributed by atoms with van der Waals surface area (Å²) in [5.74, 6) is 1.05. The number of nitriles is 1. The lowest BCUT2D eigenvalue weighted by molar-refractivity contribution is 0.773. The van der Waals surface area contributed by atoms with E-state index in [-0.39, 0.29) is 0 Å². The van der Waals surface area contributed by atoms with E-state index in [1.165, 1.54) is 24.0 Å². The second kappa shape index (κ2) is 5.50. The van der Waals surface area contributed by atoms with Gasteiger partial charge >= 0.3 is 0 Å². The summed E-state index contributed by atoms with van der Waals surface area (Å²) >= 11 is 3.44. The van der Waals surface area contributed by atoms with Crippen molar-refractivity contribution in [1.82, 2.24) is 4.98 Å². The van der Waals surface area contributed by atoms with Gasteiger partial charge in [-0.3, -0.25) is 0 Å². The maximum absolute atomic E-state index is 8.71. The van der Waals surface area contributed by atoms with Gasteiger partial charge in [-0.25, -0.2) is 4.98 Å². The van der Waals surface area contributed by atoms with E-state index in [2.05, 4.69) is 44.9 Å². The highest BCUT2D eigenvalue weighted by Gasteiger charge is 2.30.